The summed E-state index contributed by atoms with van der Waals surface area (Å²) in [6, 6.07) is 7.54. The largest absolute Gasteiger partial charge is 0.397 e. The van der Waals surface area contributed by atoms with E-state index in [0.717, 1.165) is 24.9 Å². The van der Waals surface area contributed by atoms with Crippen molar-refractivity contribution in [2.24, 2.45) is 5.92 Å². The lowest BCUT2D eigenvalue weighted by Crippen LogP contribution is -2.35. The smallest absolute Gasteiger partial charge is 0.229 e. The number of para-hydroxylation sites is 2. The molecule has 0 aliphatic rings. The van der Waals surface area contributed by atoms with Crippen molar-refractivity contribution in [3.8, 4) is 0 Å². The third kappa shape index (κ3) is 3.49. The summed E-state index contributed by atoms with van der Waals surface area (Å²) >= 11 is 0. The molecule has 3 heteroatoms. The molecule has 1 atom stereocenters. The van der Waals surface area contributed by atoms with E-state index in [2.05, 4.69) is 6.92 Å². The highest BCUT2D eigenvalue weighted by atomic mass is 16.2. The lowest BCUT2D eigenvalue weighted by molar-refractivity contribution is -0.122. The van der Waals surface area contributed by atoms with Gasteiger partial charge in [-0.3, -0.25) is 4.79 Å². The molecule has 18 heavy (non-hydrogen) atoms. The summed E-state index contributed by atoms with van der Waals surface area (Å²) in [7, 11) is 0. The summed E-state index contributed by atoms with van der Waals surface area (Å²) in [5.74, 6) is 0.230. The number of carbonyl (C=O) groups excluding carboxylic acids is 1. The number of nitrogens with two attached hydrogens (primary N) is 1. The second-order valence-electron chi connectivity index (χ2n) is 4.68. The van der Waals surface area contributed by atoms with Crippen LogP contribution in [0.4, 0.5) is 11.4 Å². The van der Waals surface area contributed by atoms with Crippen LogP contribution >= 0.6 is 0 Å². The molecule has 0 aliphatic carbocycles. The Morgan fingerprint density at radius 2 is 2.00 bits per heavy atom. The van der Waals surface area contributed by atoms with Crippen LogP contribution < -0.4 is 10.6 Å². The molecule has 0 bridgehead atoms. The molecule has 2 N–H and O–H groups in total. The van der Waals surface area contributed by atoms with Crippen LogP contribution in [0.3, 0.4) is 0 Å². The van der Waals surface area contributed by atoms with Gasteiger partial charge >= 0.3 is 0 Å². The first-order valence-corrected chi connectivity index (χ1v) is 6.77. The van der Waals surface area contributed by atoms with Crippen molar-refractivity contribution in [3.63, 3.8) is 0 Å². The SMILES string of the molecule is CCCCC(C)C(=O)N(CC)c1ccccc1N. The third-order valence-electron chi connectivity index (χ3n) is 3.22. The summed E-state index contributed by atoms with van der Waals surface area (Å²) in [6.45, 7) is 6.78. The highest BCUT2D eigenvalue weighted by molar-refractivity contribution is 5.97. The van der Waals surface area contributed by atoms with Crippen LogP contribution in [0.25, 0.3) is 0 Å². The van der Waals surface area contributed by atoms with E-state index in [-0.39, 0.29) is 11.8 Å². The average Bonchev–Trinajstić information content (AvgIpc) is 2.38. The number of unbranched alkanes of at least 4 members (excludes halogenated alkanes) is 1. The predicted molar refractivity (Wildman–Crippen MR) is 77.6 cm³/mol. The van der Waals surface area contributed by atoms with E-state index in [0.29, 0.717) is 12.2 Å². The molecule has 0 heterocycles. The van der Waals surface area contributed by atoms with Crippen LogP contribution in [0.15, 0.2) is 24.3 Å². The van der Waals surface area contributed by atoms with Crippen LogP contribution in [0.1, 0.15) is 40.0 Å². The first-order chi connectivity index (χ1) is 8.61. The van der Waals surface area contributed by atoms with Crippen LogP contribution in [0.5, 0.6) is 0 Å². The van der Waals surface area contributed by atoms with Crippen molar-refractivity contribution in [2.45, 2.75) is 40.0 Å². The minimum atomic E-state index is 0.0597. The molecule has 0 radical (unpaired) electrons. The number of hydrogen-bond donors (Lipinski definition) is 1. The average molecular weight is 248 g/mol. The summed E-state index contributed by atoms with van der Waals surface area (Å²) in [4.78, 5) is 14.2. The van der Waals surface area contributed by atoms with E-state index in [1.54, 1.807) is 4.90 Å². The van der Waals surface area contributed by atoms with Gasteiger partial charge in [-0.1, -0.05) is 38.8 Å². The van der Waals surface area contributed by atoms with Gasteiger partial charge in [0.25, 0.3) is 0 Å². The molecule has 1 amide bonds. The maximum Gasteiger partial charge on any atom is 0.229 e. The van der Waals surface area contributed by atoms with Crippen molar-refractivity contribution in [2.75, 3.05) is 17.2 Å². The van der Waals surface area contributed by atoms with Gasteiger partial charge in [-0.05, 0) is 25.5 Å². The van der Waals surface area contributed by atoms with Crippen molar-refractivity contribution in [1.82, 2.24) is 0 Å². The Hall–Kier alpha value is -1.51. The molecule has 0 aromatic heterocycles. The molecule has 0 spiro atoms. The summed E-state index contributed by atoms with van der Waals surface area (Å²) in [5.41, 5.74) is 7.43. The zero-order chi connectivity index (χ0) is 13.5. The minimum absolute atomic E-state index is 0.0597. The molecule has 0 saturated heterocycles. The van der Waals surface area contributed by atoms with Crippen LogP contribution in [-0.4, -0.2) is 12.5 Å². The lowest BCUT2D eigenvalue weighted by atomic mass is 10.0. The molecular formula is C15H24N2O. The van der Waals surface area contributed by atoms with Gasteiger partial charge in [-0.2, -0.15) is 0 Å². The number of rotatable bonds is 6. The van der Waals surface area contributed by atoms with Crippen molar-refractivity contribution in [1.29, 1.82) is 0 Å². The Bertz CT molecular complexity index is 390. The Balaban J connectivity index is 2.83. The molecule has 0 saturated carbocycles. The summed E-state index contributed by atoms with van der Waals surface area (Å²) in [6.07, 6.45) is 3.16. The first-order valence-electron chi connectivity index (χ1n) is 6.77. The second kappa shape index (κ2) is 7.04. The van der Waals surface area contributed by atoms with Gasteiger partial charge in [0.15, 0.2) is 0 Å². The van der Waals surface area contributed by atoms with Gasteiger partial charge in [0, 0.05) is 12.5 Å². The third-order valence-corrected chi connectivity index (χ3v) is 3.22. The van der Waals surface area contributed by atoms with Crippen molar-refractivity contribution in [3.05, 3.63) is 24.3 Å². The molecule has 1 aromatic carbocycles. The molecule has 0 aliphatic heterocycles. The molecular weight excluding hydrogens is 224 g/mol. The molecule has 100 valence electrons. The van der Waals surface area contributed by atoms with Gasteiger partial charge in [0.1, 0.15) is 0 Å². The van der Waals surface area contributed by atoms with Crippen LogP contribution in [0.2, 0.25) is 0 Å². The van der Waals surface area contributed by atoms with E-state index < -0.39 is 0 Å². The molecule has 3 nitrogen and oxygen atoms in total. The first kappa shape index (κ1) is 14.6. The van der Waals surface area contributed by atoms with Crippen LogP contribution in [-0.2, 0) is 4.79 Å². The standard InChI is InChI=1S/C15H24N2O/c1-4-6-9-12(3)15(18)17(5-2)14-11-8-7-10-13(14)16/h7-8,10-12H,4-6,9,16H2,1-3H3. The van der Waals surface area contributed by atoms with E-state index >= 15 is 0 Å². The fourth-order valence-corrected chi connectivity index (χ4v) is 2.08. The maximum absolute atomic E-state index is 12.4. The van der Waals surface area contributed by atoms with E-state index in [4.69, 9.17) is 5.73 Å². The number of carbonyl (C=O) groups is 1. The van der Waals surface area contributed by atoms with E-state index in [1.807, 2.05) is 38.1 Å². The quantitative estimate of drug-likeness (QED) is 0.784. The monoisotopic (exact) mass is 248 g/mol. The van der Waals surface area contributed by atoms with Gasteiger partial charge in [0.2, 0.25) is 5.91 Å². The molecule has 1 unspecified atom stereocenters. The minimum Gasteiger partial charge on any atom is -0.397 e. The number of anilines is 2. The highest BCUT2D eigenvalue weighted by Gasteiger charge is 2.21. The number of hydrogen-bond acceptors (Lipinski definition) is 2. The topological polar surface area (TPSA) is 46.3 Å². The summed E-state index contributed by atoms with van der Waals surface area (Å²) < 4.78 is 0. The van der Waals surface area contributed by atoms with Crippen LogP contribution in [0, 0.1) is 5.92 Å². The van der Waals surface area contributed by atoms with Gasteiger partial charge < -0.3 is 10.6 Å². The molecule has 1 aromatic rings. The van der Waals surface area contributed by atoms with E-state index in [9.17, 15) is 4.79 Å². The van der Waals surface area contributed by atoms with Gasteiger partial charge in [-0.15, -0.1) is 0 Å². The van der Waals surface area contributed by atoms with Gasteiger partial charge in [0.05, 0.1) is 11.4 Å². The van der Waals surface area contributed by atoms with E-state index in [1.165, 1.54) is 0 Å². The lowest BCUT2D eigenvalue weighted by Gasteiger charge is -2.25. The Kier molecular flexibility index (Phi) is 5.69. The fraction of sp³-hybridized carbons (Fsp3) is 0.533. The zero-order valence-electron chi connectivity index (χ0n) is 11.6. The Morgan fingerprint density at radius 3 is 2.56 bits per heavy atom. The number of nitrogen functional groups attached to an aromatic ring is 1. The predicted octanol–water partition coefficient (Wildman–Crippen LogP) is 3.45. The second-order valence-corrected chi connectivity index (χ2v) is 4.68. The van der Waals surface area contributed by atoms with Crippen molar-refractivity contribution < 1.29 is 4.79 Å². The number of nitrogens with zero attached hydrogens (tertiary/aromatic N) is 1. The normalized spacial score (nSPS) is 12.2. The Morgan fingerprint density at radius 1 is 1.33 bits per heavy atom. The summed E-state index contributed by atoms with van der Waals surface area (Å²) in [5, 5.41) is 0. The molecule has 0 fully saturated rings. The highest BCUT2D eigenvalue weighted by Crippen LogP contribution is 2.24. The Labute approximate surface area is 110 Å². The van der Waals surface area contributed by atoms with Crippen molar-refractivity contribution >= 4 is 17.3 Å². The zero-order valence-corrected chi connectivity index (χ0v) is 11.6. The number of benzene rings is 1. The molecule has 1 rings (SSSR count). The maximum atomic E-state index is 12.4. The fourth-order valence-electron chi connectivity index (χ4n) is 2.08. The van der Waals surface area contributed by atoms with Gasteiger partial charge in [-0.25, -0.2) is 0 Å². The number of amides is 1.